The van der Waals surface area contributed by atoms with Crippen LogP contribution in [-0.2, 0) is 46.1 Å². The zero-order valence-electron chi connectivity index (χ0n) is 37.2. The molecule has 59 heavy (non-hydrogen) atoms. The van der Waals surface area contributed by atoms with E-state index in [1.165, 1.54) is 53.3 Å². The van der Waals surface area contributed by atoms with Gasteiger partial charge in [0.25, 0.3) is 0 Å². The zero-order chi connectivity index (χ0) is 43.7. The fourth-order valence-electron chi connectivity index (χ4n) is 6.16. The van der Waals surface area contributed by atoms with E-state index in [0.29, 0.717) is 37.1 Å². The van der Waals surface area contributed by atoms with Gasteiger partial charge in [0.1, 0.15) is 5.60 Å². The molecule has 0 aliphatic carbocycles. The van der Waals surface area contributed by atoms with Crippen molar-refractivity contribution in [2.45, 2.75) is 142 Å². The van der Waals surface area contributed by atoms with E-state index in [1.54, 1.807) is 17.0 Å². The van der Waals surface area contributed by atoms with Crippen molar-refractivity contribution in [2.75, 3.05) is 54.6 Å². The highest BCUT2D eigenvalue weighted by Crippen LogP contribution is 2.15. The van der Waals surface area contributed by atoms with Crippen LogP contribution in [0.1, 0.15) is 155 Å². The minimum atomic E-state index is -0.523. The van der Waals surface area contributed by atoms with Crippen LogP contribution in [0.15, 0.2) is 48.5 Å². The van der Waals surface area contributed by atoms with Crippen molar-refractivity contribution < 1.29 is 47.7 Å². The van der Waals surface area contributed by atoms with Crippen molar-refractivity contribution >= 4 is 30.0 Å². The lowest BCUT2D eigenvalue weighted by Gasteiger charge is -2.27. The van der Waals surface area contributed by atoms with Crippen LogP contribution >= 0.6 is 0 Å². The van der Waals surface area contributed by atoms with Crippen molar-refractivity contribution in [3.8, 4) is 0 Å². The molecule has 0 radical (unpaired) electrons. The molecular weight excluding hydrogens is 753 g/mol. The number of methoxy groups -OCH3 is 4. The minimum absolute atomic E-state index is 0.105. The SMILES string of the molecule is COC(=O)CCCCCCCN(CCCCc1ccc(C(=O)OC)cc1)C(=O)OC(C)(C)C.COC(=O)CCCCCCCNCCCCc1ccc(C(=O)OC)cc1. The molecule has 332 valence electrons. The summed E-state index contributed by atoms with van der Waals surface area (Å²) in [6.07, 6.45) is 17.1. The lowest BCUT2D eigenvalue weighted by Crippen LogP contribution is -2.38. The number of amides is 1. The summed E-state index contributed by atoms with van der Waals surface area (Å²) >= 11 is 0. The highest BCUT2D eigenvalue weighted by atomic mass is 16.6. The molecule has 2 rings (SSSR count). The van der Waals surface area contributed by atoms with Crippen LogP contribution in [0.3, 0.4) is 0 Å². The fraction of sp³-hybridized carbons (Fsp3) is 0.638. The van der Waals surface area contributed by atoms with E-state index in [2.05, 4.69) is 14.8 Å². The van der Waals surface area contributed by atoms with Gasteiger partial charge in [0.05, 0.1) is 39.6 Å². The highest BCUT2D eigenvalue weighted by molar-refractivity contribution is 5.89. The maximum Gasteiger partial charge on any atom is 0.410 e. The van der Waals surface area contributed by atoms with Crippen LogP contribution < -0.4 is 5.32 Å². The van der Waals surface area contributed by atoms with Gasteiger partial charge in [-0.05, 0) is 133 Å². The molecule has 12 nitrogen and oxygen atoms in total. The van der Waals surface area contributed by atoms with E-state index >= 15 is 0 Å². The molecule has 0 unspecified atom stereocenters. The first-order valence-corrected chi connectivity index (χ1v) is 21.5. The van der Waals surface area contributed by atoms with Crippen LogP contribution in [0.2, 0.25) is 0 Å². The Kier molecular flexibility index (Phi) is 28.9. The average molecular weight is 827 g/mol. The summed E-state index contributed by atoms with van der Waals surface area (Å²) in [5.74, 6) is -0.890. The molecule has 12 heteroatoms. The van der Waals surface area contributed by atoms with Gasteiger partial charge < -0.3 is 33.9 Å². The fourth-order valence-corrected chi connectivity index (χ4v) is 6.16. The van der Waals surface area contributed by atoms with Gasteiger partial charge in [-0.25, -0.2) is 14.4 Å². The second kappa shape index (κ2) is 32.4. The molecular formula is C47H74N2O10. The summed E-state index contributed by atoms with van der Waals surface area (Å²) in [5, 5.41) is 3.49. The van der Waals surface area contributed by atoms with E-state index in [0.717, 1.165) is 102 Å². The smallest absolute Gasteiger partial charge is 0.410 e. The number of nitrogens with zero attached hydrogens (tertiary/aromatic N) is 1. The number of esters is 4. The van der Waals surface area contributed by atoms with Gasteiger partial charge in [0.2, 0.25) is 0 Å². The Morgan fingerprint density at radius 2 is 0.864 bits per heavy atom. The second-order valence-electron chi connectivity index (χ2n) is 15.7. The van der Waals surface area contributed by atoms with Crippen LogP contribution in [0, 0.1) is 0 Å². The first-order valence-electron chi connectivity index (χ1n) is 21.5. The van der Waals surface area contributed by atoms with Gasteiger partial charge in [0, 0.05) is 25.9 Å². The Hall–Kier alpha value is -4.45. The number of carbonyl (C=O) groups is 5. The summed E-state index contributed by atoms with van der Waals surface area (Å²) in [7, 11) is 5.62. The maximum atomic E-state index is 12.6. The number of carbonyl (C=O) groups excluding carboxylic acids is 5. The molecule has 2 aromatic rings. The second-order valence-corrected chi connectivity index (χ2v) is 15.7. The number of unbranched alkanes of at least 4 members (excludes halogenated alkanes) is 10. The van der Waals surface area contributed by atoms with Gasteiger partial charge in [-0.3, -0.25) is 9.59 Å². The number of hydrogen-bond acceptors (Lipinski definition) is 11. The van der Waals surface area contributed by atoms with E-state index < -0.39 is 5.60 Å². The molecule has 2 aromatic carbocycles. The molecule has 0 bridgehead atoms. The van der Waals surface area contributed by atoms with Crippen molar-refractivity contribution in [1.82, 2.24) is 10.2 Å². The first kappa shape index (κ1) is 52.6. The van der Waals surface area contributed by atoms with E-state index in [9.17, 15) is 24.0 Å². The normalized spacial score (nSPS) is 10.8. The molecule has 0 spiro atoms. The van der Waals surface area contributed by atoms with Crippen LogP contribution in [0.5, 0.6) is 0 Å². The van der Waals surface area contributed by atoms with Gasteiger partial charge in [-0.15, -0.1) is 0 Å². The van der Waals surface area contributed by atoms with Crippen LogP contribution in [0.25, 0.3) is 0 Å². The first-order chi connectivity index (χ1) is 28.3. The Balaban J connectivity index is 0.000000607. The summed E-state index contributed by atoms with van der Waals surface area (Å²) in [6.45, 7) is 9.05. The number of ether oxygens (including phenoxy) is 5. The molecule has 0 saturated heterocycles. The Morgan fingerprint density at radius 3 is 1.29 bits per heavy atom. The molecule has 0 heterocycles. The third-order valence-electron chi connectivity index (χ3n) is 9.61. The topological polar surface area (TPSA) is 147 Å². The number of rotatable bonds is 28. The average Bonchev–Trinajstić information content (AvgIpc) is 3.23. The van der Waals surface area contributed by atoms with Crippen molar-refractivity contribution in [3.63, 3.8) is 0 Å². The van der Waals surface area contributed by atoms with E-state index in [1.807, 2.05) is 57.2 Å². The summed E-state index contributed by atoms with van der Waals surface area (Å²) < 4.78 is 24.3. The number of benzene rings is 2. The largest absolute Gasteiger partial charge is 0.469 e. The van der Waals surface area contributed by atoms with Crippen molar-refractivity contribution in [2.24, 2.45) is 0 Å². The van der Waals surface area contributed by atoms with Gasteiger partial charge in [-0.2, -0.15) is 0 Å². The Morgan fingerprint density at radius 1 is 0.492 bits per heavy atom. The van der Waals surface area contributed by atoms with Gasteiger partial charge in [0.15, 0.2) is 0 Å². The lowest BCUT2D eigenvalue weighted by atomic mass is 10.1. The molecule has 0 aromatic heterocycles. The lowest BCUT2D eigenvalue weighted by molar-refractivity contribution is -0.141. The van der Waals surface area contributed by atoms with Crippen molar-refractivity contribution in [3.05, 3.63) is 70.8 Å². The Bertz CT molecular complexity index is 1450. The molecule has 0 fully saturated rings. The Labute approximate surface area is 354 Å². The predicted octanol–water partition coefficient (Wildman–Crippen LogP) is 9.45. The summed E-state index contributed by atoms with van der Waals surface area (Å²) in [4.78, 5) is 59.5. The number of hydrogen-bond donors (Lipinski definition) is 1. The summed E-state index contributed by atoms with van der Waals surface area (Å²) in [6, 6.07) is 15.1. The third kappa shape index (κ3) is 27.0. The predicted molar refractivity (Wildman–Crippen MR) is 232 cm³/mol. The van der Waals surface area contributed by atoms with Crippen LogP contribution in [-0.4, -0.2) is 95.1 Å². The molecule has 1 amide bonds. The van der Waals surface area contributed by atoms with Gasteiger partial charge >= 0.3 is 30.0 Å². The van der Waals surface area contributed by atoms with Gasteiger partial charge in [-0.1, -0.05) is 62.8 Å². The monoisotopic (exact) mass is 827 g/mol. The highest BCUT2D eigenvalue weighted by Gasteiger charge is 2.21. The minimum Gasteiger partial charge on any atom is -0.469 e. The van der Waals surface area contributed by atoms with Crippen molar-refractivity contribution in [1.29, 1.82) is 0 Å². The third-order valence-corrected chi connectivity index (χ3v) is 9.61. The van der Waals surface area contributed by atoms with E-state index in [-0.39, 0.29) is 30.0 Å². The standard InChI is InChI=1S/C26H41NO6.C21H33NO4/c1-26(2,3)33-25(30)27(19-11-8-6-7-9-14-23(28)31-4)20-12-10-13-21-15-17-22(18-16-21)24(29)32-5;1-25-20(23)11-6-4-3-5-8-16-22-17-9-7-10-18-12-14-19(15-13-18)21(24)26-2/h15-18H,6-14,19-20H2,1-5H3;12-15,22H,3-11,16-17H2,1-2H3. The number of aryl methyl sites for hydroxylation is 2. The number of nitrogens with one attached hydrogen (secondary N) is 1. The molecule has 0 atom stereocenters. The quantitative estimate of drug-likeness (QED) is 0.0497. The van der Waals surface area contributed by atoms with Crippen LogP contribution in [0.4, 0.5) is 4.79 Å². The zero-order valence-corrected chi connectivity index (χ0v) is 37.2. The molecule has 0 saturated carbocycles. The maximum absolute atomic E-state index is 12.6. The molecule has 0 aliphatic rings. The molecule has 1 N–H and O–H groups in total. The summed E-state index contributed by atoms with van der Waals surface area (Å²) in [5.41, 5.74) is 3.03. The van der Waals surface area contributed by atoms with E-state index in [4.69, 9.17) is 14.2 Å². The molecule has 0 aliphatic heterocycles.